The number of carbonyl (C=O) groups is 1. The normalized spacial score (nSPS) is 17.2. The molecule has 0 bridgehead atoms. The van der Waals surface area contributed by atoms with E-state index >= 15 is 0 Å². The van der Waals surface area contributed by atoms with Crippen LogP contribution in [-0.4, -0.2) is 33.6 Å². The molecule has 2 heterocycles. The van der Waals surface area contributed by atoms with Crippen LogP contribution in [0.2, 0.25) is 0 Å². The predicted octanol–water partition coefficient (Wildman–Crippen LogP) is 0.907. The number of aromatic nitrogens is 3. The summed E-state index contributed by atoms with van der Waals surface area (Å²) in [5.41, 5.74) is 6.31. The highest BCUT2D eigenvalue weighted by Crippen LogP contribution is 2.37. The molecule has 1 aliphatic carbocycles. The second kappa shape index (κ2) is 5.81. The van der Waals surface area contributed by atoms with E-state index in [1.54, 1.807) is 0 Å². The first kappa shape index (κ1) is 14.0. The van der Waals surface area contributed by atoms with Gasteiger partial charge in [0.1, 0.15) is 5.82 Å². The molecule has 0 unspecified atom stereocenters. The van der Waals surface area contributed by atoms with Crippen LogP contribution < -0.4 is 11.1 Å². The van der Waals surface area contributed by atoms with Crippen molar-refractivity contribution in [1.29, 1.82) is 0 Å². The summed E-state index contributed by atoms with van der Waals surface area (Å²) in [6.45, 7) is 1.00. The minimum absolute atomic E-state index is 0.0938. The summed E-state index contributed by atoms with van der Waals surface area (Å²) in [5, 5.41) is 11.3. The van der Waals surface area contributed by atoms with Gasteiger partial charge in [-0.2, -0.15) is 0 Å². The highest BCUT2D eigenvalue weighted by atomic mass is 16.2. The summed E-state index contributed by atoms with van der Waals surface area (Å²) < 4.78 is 1.94. The number of nitrogens with two attached hydrogens (primary N) is 1. The van der Waals surface area contributed by atoms with Crippen LogP contribution in [0.4, 0.5) is 0 Å². The average Bonchev–Trinajstić information content (AvgIpc) is 3.15. The van der Waals surface area contributed by atoms with Crippen LogP contribution in [-0.2, 0) is 11.2 Å². The van der Waals surface area contributed by atoms with Crippen molar-refractivity contribution < 1.29 is 4.79 Å². The lowest BCUT2D eigenvalue weighted by molar-refractivity contribution is -0.130. The third kappa shape index (κ3) is 2.63. The minimum Gasteiger partial charge on any atom is -0.355 e. The zero-order chi connectivity index (χ0) is 14.7. The molecular weight excluding hydrogens is 266 g/mol. The van der Waals surface area contributed by atoms with Gasteiger partial charge in [0, 0.05) is 25.7 Å². The van der Waals surface area contributed by atoms with Crippen molar-refractivity contribution in [1.82, 2.24) is 19.9 Å². The monoisotopic (exact) mass is 287 g/mol. The van der Waals surface area contributed by atoms with Gasteiger partial charge in [-0.1, -0.05) is 18.9 Å². The van der Waals surface area contributed by atoms with E-state index in [2.05, 4.69) is 15.5 Å². The molecule has 0 aromatic carbocycles. The van der Waals surface area contributed by atoms with Crippen molar-refractivity contribution in [2.24, 2.45) is 11.1 Å². The minimum atomic E-state index is -0.340. The van der Waals surface area contributed by atoms with Gasteiger partial charge in [-0.3, -0.25) is 9.20 Å². The van der Waals surface area contributed by atoms with Crippen LogP contribution >= 0.6 is 0 Å². The SMILES string of the molecule is NCC1(C(=O)NCCc2nnc3ccccn23)CCCC1. The van der Waals surface area contributed by atoms with E-state index < -0.39 is 0 Å². The Labute approximate surface area is 123 Å². The molecule has 0 spiro atoms. The molecule has 0 saturated heterocycles. The Morgan fingerprint density at radius 1 is 1.33 bits per heavy atom. The van der Waals surface area contributed by atoms with Crippen molar-refractivity contribution >= 4 is 11.6 Å². The second-order valence-corrected chi connectivity index (χ2v) is 5.74. The first-order chi connectivity index (χ1) is 10.2. The Hall–Kier alpha value is -1.95. The first-order valence-electron chi connectivity index (χ1n) is 7.52. The lowest BCUT2D eigenvalue weighted by atomic mass is 9.85. The second-order valence-electron chi connectivity index (χ2n) is 5.74. The molecule has 1 amide bonds. The van der Waals surface area contributed by atoms with E-state index in [9.17, 15) is 4.79 Å². The Morgan fingerprint density at radius 2 is 2.14 bits per heavy atom. The first-order valence-corrected chi connectivity index (χ1v) is 7.52. The number of hydrogen-bond acceptors (Lipinski definition) is 4. The van der Waals surface area contributed by atoms with Gasteiger partial charge in [-0.15, -0.1) is 10.2 Å². The molecule has 3 rings (SSSR count). The lowest BCUT2D eigenvalue weighted by Crippen LogP contribution is -2.44. The Bertz CT molecular complexity index is 630. The smallest absolute Gasteiger partial charge is 0.227 e. The molecule has 0 radical (unpaired) electrons. The fourth-order valence-electron chi connectivity index (χ4n) is 3.11. The maximum Gasteiger partial charge on any atom is 0.227 e. The van der Waals surface area contributed by atoms with E-state index in [-0.39, 0.29) is 11.3 Å². The van der Waals surface area contributed by atoms with Gasteiger partial charge in [0.2, 0.25) is 5.91 Å². The van der Waals surface area contributed by atoms with E-state index in [4.69, 9.17) is 5.73 Å². The predicted molar refractivity (Wildman–Crippen MR) is 79.7 cm³/mol. The van der Waals surface area contributed by atoms with Gasteiger partial charge in [-0.25, -0.2) is 0 Å². The number of nitrogens with one attached hydrogen (secondary N) is 1. The van der Waals surface area contributed by atoms with Crippen molar-refractivity contribution in [2.45, 2.75) is 32.1 Å². The van der Waals surface area contributed by atoms with Crippen molar-refractivity contribution in [2.75, 3.05) is 13.1 Å². The van der Waals surface area contributed by atoms with E-state index in [1.165, 1.54) is 0 Å². The standard InChI is InChI=1S/C15H21N5O/c16-11-15(7-2-3-8-15)14(21)17-9-6-13-19-18-12-5-1-4-10-20(12)13/h1,4-5,10H,2-3,6-9,11,16H2,(H,17,21). The van der Waals surface area contributed by atoms with Crippen LogP contribution in [0.1, 0.15) is 31.5 Å². The molecule has 3 N–H and O–H groups in total. The largest absolute Gasteiger partial charge is 0.355 e. The van der Waals surface area contributed by atoms with Crippen LogP contribution in [0.15, 0.2) is 24.4 Å². The van der Waals surface area contributed by atoms with Crippen LogP contribution in [0.25, 0.3) is 5.65 Å². The van der Waals surface area contributed by atoms with Gasteiger partial charge in [-0.05, 0) is 25.0 Å². The highest BCUT2D eigenvalue weighted by Gasteiger charge is 2.39. The molecule has 6 heteroatoms. The summed E-state index contributed by atoms with van der Waals surface area (Å²) in [7, 11) is 0. The van der Waals surface area contributed by atoms with E-state index in [0.29, 0.717) is 19.5 Å². The van der Waals surface area contributed by atoms with Crippen LogP contribution in [0.3, 0.4) is 0 Å². The van der Waals surface area contributed by atoms with Gasteiger partial charge in [0.15, 0.2) is 5.65 Å². The number of hydrogen-bond donors (Lipinski definition) is 2. The highest BCUT2D eigenvalue weighted by molar-refractivity contribution is 5.83. The van der Waals surface area contributed by atoms with E-state index in [1.807, 2.05) is 28.8 Å². The Morgan fingerprint density at radius 3 is 2.90 bits per heavy atom. The fourth-order valence-corrected chi connectivity index (χ4v) is 3.11. The summed E-state index contributed by atoms with van der Waals surface area (Å²) >= 11 is 0. The number of carbonyl (C=O) groups excluding carboxylic acids is 1. The topological polar surface area (TPSA) is 85.3 Å². The quantitative estimate of drug-likeness (QED) is 0.856. The molecule has 0 aliphatic heterocycles. The van der Waals surface area contributed by atoms with Crippen molar-refractivity contribution in [3.63, 3.8) is 0 Å². The summed E-state index contributed by atoms with van der Waals surface area (Å²) in [6.07, 6.45) is 6.60. The Kier molecular flexibility index (Phi) is 3.88. The third-order valence-corrected chi connectivity index (χ3v) is 4.45. The van der Waals surface area contributed by atoms with Crippen molar-refractivity contribution in [3.8, 4) is 0 Å². The molecule has 21 heavy (non-hydrogen) atoms. The maximum atomic E-state index is 12.4. The average molecular weight is 287 g/mol. The number of fused-ring (bicyclic) bond motifs is 1. The summed E-state index contributed by atoms with van der Waals surface area (Å²) in [5.74, 6) is 0.954. The molecule has 1 aliphatic rings. The number of nitrogens with zero attached hydrogens (tertiary/aromatic N) is 3. The summed E-state index contributed by atoms with van der Waals surface area (Å²) in [6, 6.07) is 5.79. The van der Waals surface area contributed by atoms with Crippen LogP contribution in [0, 0.1) is 5.41 Å². The third-order valence-electron chi connectivity index (χ3n) is 4.45. The molecule has 2 aromatic heterocycles. The zero-order valence-corrected chi connectivity index (χ0v) is 12.1. The molecule has 112 valence electrons. The van der Waals surface area contributed by atoms with Crippen LogP contribution in [0.5, 0.6) is 0 Å². The maximum absolute atomic E-state index is 12.4. The summed E-state index contributed by atoms with van der Waals surface area (Å²) in [4.78, 5) is 12.4. The van der Waals surface area contributed by atoms with Gasteiger partial charge in [0.05, 0.1) is 5.41 Å². The number of pyridine rings is 1. The van der Waals surface area contributed by atoms with E-state index in [0.717, 1.165) is 37.2 Å². The molecule has 0 atom stereocenters. The van der Waals surface area contributed by atoms with Gasteiger partial charge in [0.25, 0.3) is 0 Å². The lowest BCUT2D eigenvalue weighted by Gasteiger charge is -2.25. The molecule has 6 nitrogen and oxygen atoms in total. The van der Waals surface area contributed by atoms with Gasteiger partial charge >= 0.3 is 0 Å². The Balaban J connectivity index is 1.60. The zero-order valence-electron chi connectivity index (χ0n) is 12.1. The van der Waals surface area contributed by atoms with Crippen molar-refractivity contribution in [3.05, 3.63) is 30.2 Å². The molecule has 1 fully saturated rings. The van der Waals surface area contributed by atoms with Gasteiger partial charge < -0.3 is 11.1 Å². The molecule has 2 aromatic rings. The molecular formula is C15H21N5O. The number of amides is 1. The molecule has 1 saturated carbocycles. The number of rotatable bonds is 5. The fraction of sp³-hybridized carbons (Fsp3) is 0.533.